The quantitative estimate of drug-likeness (QED) is 0.459. The highest BCUT2D eigenvalue weighted by molar-refractivity contribution is 9.10. The third-order valence-corrected chi connectivity index (χ3v) is 4.16. The van der Waals surface area contributed by atoms with E-state index in [0.717, 1.165) is 15.6 Å². The Balaban J connectivity index is 1.98. The molecule has 7 heteroatoms. The topological polar surface area (TPSA) is 70.6 Å². The summed E-state index contributed by atoms with van der Waals surface area (Å²) < 4.78 is 0.944. The Morgan fingerprint density at radius 1 is 1.08 bits per heavy atom. The number of hydrogen-bond acceptors (Lipinski definition) is 3. The van der Waals surface area contributed by atoms with Crippen LogP contribution >= 0.6 is 27.5 Å². The average Bonchev–Trinajstić information content (AvgIpc) is 2.56. The van der Waals surface area contributed by atoms with Crippen LogP contribution in [0.1, 0.15) is 18.1 Å². The summed E-state index contributed by atoms with van der Waals surface area (Å²) in [4.78, 5) is 23.7. The highest BCUT2D eigenvalue weighted by atomic mass is 79.9. The maximum absolute atomic E-state index is 11.9. The number of benzene rings is 2. The summed E-state index contributed by atoms with van der Waals surface area (Å²) >= 11 is 9.33. The van der Waals surface area contributed by atoms with E-state index in [0.29, 0.717) is 16.4 Å². The van der Waals surface area contributed by atoms with Crippen molar-refractivity contribution in [1.82, 2.24) is 5.43 Å². The first-order chi connectivity index (χ1) is 11.4. The Labute approximate surface area is 153 Å². The summed E-state index contributed by atoms with van der Waals surface area (Å²) in [5.74, 6) is -1.68. The number of aryl methyl sites for hydroxylation is 1. The van der Waals surface area contributed by atoms with Gasteiger partial charge in [0.25, 0.3) is 0 Å². The molecule has 0 bridgehead atoms. The van der Waals surface area contributed by atoms with E-state index >= 15 is 0 Å². The van der Waals surface area contributed by atoms with Crippen molar-refractivity contribution in [1.29, 1.82) is 0 Å². The van der Waals surface area contributed by atoms with Crippen LogP contribution < -0.4 is 10.7 Å². The fraction of sp³-hybridized carbons (Fsp3) is 0.118. The van der Waals surface area contributed by atoms with Crippen LogP contribution in [0.15, 0.2) is 52.0 Å². The van der Waals surface area contributed by atoms with Gasteiger partial charge in [-0.15, -0.1) is 0 Å². The van der Waals surface area contributed by atoms with Crippen molar-refractivity contribution in [2.75, 3.05) is 5.32 Å². The number of rotatable bonds is 3. The van der Waals surface area contributed by atoms with Gasteiger partial charge in [0.15, 0.2) is 0 Å². The molecule has 0 aliphatic carbocycles. The van der Waals surface area contributed by atoms with Crippen molar-refractivity contribution < 1.29 is 9.59 Å². The zero-order chi connectivity index (χ0) is 17.7. The van der Waals surface area contributed by atoms with Crippen molar-refractivity contribution in [2.45, 2.75) is 13.8 Å². The van der Waals surface area contributed by atoms with Crippen LogP contribution in [0.4, 0.5) is 5.69 Å². The minimum absolute atomic E-state index is 0.444. The molecule has 2 rings (SSSR count). The molecule has 2 aromatic carbocycles. The number of hydrogen-bond donors (Lipinski definition) is 2. The number of nitrogens with zero attached hydrogens (tertiary/aromatic N) is 1. The van der Waals surface area contributed by atoms with Gasteiger partial charge >= 0.3 is 11.8 Å². The minimum Gasteiger partial charge on any atom is -0.318 e. The van der Waals surface area contributed by atoms with Gasteiger partial charge < -0.3 is 5.32 Å². The first-order valence-electron chi connectivity index (χ1n) is 7.04. The number of carbonyl (C=O) groups is 2. The molecule has 2 N–H and O–H groups in total. The molecule has 5 nitrogen and oxygen atoms in total. The van der Waals surface area contributed by atoms with Crippen molar-refractivity contribution in [3.63, 3.8) is 0 Å². The van der Waals surface area contributed by atoms with E-state index in [1.54, 1.807) is 25.1 Å². The molecule has 0 unspecified atom stereocenters. The maximum atomic E-state index is 11.9. The van der Waals surface area contributed by atoms with Crippen LogP contribution in [0.25, 0.3) is 0 Å². The summed E-state index contributed by atoms with van der Waals surface area (Å²) in [6, 6.07) is 12.4. The molecular weight excluding hydrogens is 394 g/mol. The van der Waals surface area contributed by atoms with Crippen LogP contribution in [0.5, 0.6) is 0 Å². The summed E-state index contributed by atoms with van der Waals surface area (Å²) in [5.41, 5.74) is 4.98. The molecule has 0 spiro atoms. The van der Waals surface area contributed by atoms with Crippen LogP contribution in [-0.2, 0) is 9.59 Å². The smallest absolute Gasteiger partial charge is 0.318 e. The molecule has 0 fully saturated rings. The lowest BCUT2D eigenvalue weighted by atomic mass is 10.1. The predicted octanol–water partition coefficient (Wildman–Crippen LogP) is 3.89. The Hall–Kier alpha value is -2.18. The number of halogens is 2. The van der Waals surface area contributed by atoms with E-state index in [1.165, 1.54) is 0 Å². The largest absolute Gasteiger partial charge is 0.329 e. The van der Waals surface area contributed by atoms with E-state index in [-0.39, 0.29) is 0 Å². The van der Waals surface area contributed by atoms with Gasteiger partial charge in [0.05, 0.1) is 5.71 Å². The molecule has 2 amide bonds. The van der Waals surface area contributed by atoms with Crippen molar-refractivity contribution in [3.8, 4) is 0 Å². The highest BCUT2D eigenvalue weighted by Gasteiger charge is 2.13. The third kappa shape index (κ3) is 4.91. The number of amides is 2. The molecule has 0 aliphatic heterocycles. The maximum Gasteiger partial charge on any atom is 0.329 e. The van der Waals surface area contributed by atoms with Gasteiger partial charge in [-0.1, -0.05) is 45.7 Å². The number of nitrogens with one attached hydrogen (secondary N) is 2. The molecule has 0 atom stereocenters. The standard InChI is InChI=1S/C17H15BrClN3O2/c1-10-3-8-14(9-15(10)19)20-16(23)17(24)22-21-11(2)12-4-6-13(18)7-5-12/h3-9H,1-2H3,(H,20,23)(H,22,24)/b21-11+. The van der Waals surface area contributed by atoms with Crippen LogP contribution in [-0.4, -0.2) is 17.5 Å². The zero-order valence-electron chi connectivity index (χ0n) is 13.1. The third-order valence-electron chi connectivity index (χ3n) is 3.22. The SMILES string of the molecule is C/C(=N\NC(=O)C(=O)Nc1ccc(C)c(Cl)c1)c1ccc(Br)cc1. The number of hydrazone groups is 1. The van der Waals surface area contributed by atoms with Gasteiger partial charge in [-0.3, -0.25) is 9.59 Å². The van der Waals surface area contributed by atoms with Crippen LogP contribution in [0, 0.1) is 6.92 Å². The normalized spacial score (nSPS) is 11.1. The zero-order valence-corrected chi connectivity index (χ0v) is 15.4. The van der Waals surface area contributed by atoms with Crippen molar-refractivity contribution >= 4 is 50.7 Å². The first-order valence-corrected chi connectivity index (χ1v) is 8.21. The van der Waals surface area contributed by atoms with Crippen LogP contribution in [0.2, 0.25) is 5.02 Å². The van der Waals surface area contributed by atoms with Gasteiger partial charge in [0.1, 0.15) is 0 Å². The molecule has 24 heavy (non-hydrogen) atoms. The molecular formula is C17H15BrClN3O2. The summed E-state index contributed by atoms with van der Waals surface area (Å²) in [7, 11) is 0. The summed E-state index contributed by atoms with van der Waals surface area (Å²) in [5, 5.41) is 6.91. The Morgan fingerprint density at radius 3 is 2.38 bits per heavy atom. The van der Waals surface area contributed by atoms with E-state index in [4.69, 9.17) is 11.6 Å². The fourth-order valence-electron chi connectivity index (χ4n) is 1.80. The van der Waals surface area contributed by atoms with Gasteiger partial charge in [-0.25, -0.2) is 5.43 Å². The number of carbonyl (C=O) groups excluding carboxylic acids is 2. The van der Waals surface area contributed by atoms with E-state index in [1.807, 2.05) is 31.2 Å². The lowest BCUT2D eigenvalue weighted by molar-refractivity contribution is -0.136. The second kappa shape index (κ2) is 8.08. The number of anilines is 1. The average molecular weight is 409 g/mol. The molecule has 0 aliphatic rings. The molecule has 0 saturated carbocycles. The van der Waals surface area contributed by atoms with Gasteiger partial charge in [-0.2, -0.15) is 5.10 Å². The molecule has 2 aromatic rings. The van der Waals surface area contributed by atoms with E-state index < -0.39 is 11.8 Å². The van der Waals surface area contributed by atoms with Gasteiger partial charge in [-0.05, 0) is 49.2 Å². The van der Waals surface area contributed by atoms with Gasteiger partial charge in [0.2, 0.25) is 0 Å². The summed E-state index contributed by atoms with van der Waals surface area (Å²) in [6.45, 7) is 3.58. The van der Waals surface area contributed by atoms with Crippen molar-refractivity contribution in [3.05, 3.63) is 63.1 Å². The first kappa shape index (κ1) is 18.2. The van der Waals surface area contributed by atoms with Crippen LogP contribution in [0.3, 0.4) is 0 Å². The van der Waals surface area contributed by atoms with Gasteiger partial charge in [0, 0.05) is 15.2 Å². The molecule has 0 heterocycles. The second-order valence-corrected chi connectivity index (χ2v) is 6.39. The van der Waals surface area contributed by atoms with E-state index in [2.05, 4.69) is 31.8 Å². The summed E-state index contributed by atoms with van der Waals surface area (Å²) in [6.07, 6.45) is 0. The lowest BCUT2D eigenvalue weighted by Crippen LogP contribution is -2.32. The molecule has 0 saturated heterocycles. The Kier molecular flexibility index (Phi) is 6.11. The Bertz CT molecular complexity index is 804. The van der Waals surface area contributed by atoms with Crippen molar-refractivity contribution in [2.24, 2.45) is 5.10 Å². The highest BCUT2D eigenvalue weighted by Crippen LogP contribution is 2.19. The molecule has 124 valence electrons. The minimum atomic E-state index is -0.858. The monoisotopic (exact) mass is 407 g/mol. The predicted molar refractivity (Wildman–Crippen MR) is 99.3 cm³/mol. The molecule has 0 radical (unpaired) electrons. The Morgan fingerprint density at radius 2 is 1.75 bits per heavy atom. The van der Waals surface area contributed by atoms with E-state index in [9.17, 15) is 9.59 Å². The molecule has 0 aromatic heterocycles. The lowest BCUT2D eigenvalue weighted by Gasteiger charge is -2.06. The fourth-order valence-corrected chi connectivity index (χ4v) is 2.24. The second-order valence-electron chi connectivity index (χ2n) is 5.06.